The quantitative estimate of drug-likeness (QED) is 0.877. The number of hydrogen-bond acceptors (Lipinski definition) is 4. The Balaban J connectivity index is 1.32. The highest BCUT2D eigenvalue weighted by atomic mass is 16.5. The number of fused-ring (bicyclic) bond motifs is 3. The largest absolute Gasteiger partial charge is 0.461 e. The number of H-pyrrole nitrogens is 1. The van der Waals surface area contributed by atoms with Crippen molar-refractivity contribution in [1.82, 2.24) is 15.4 Å². The first-order chi connectivity index (χ1) is 10.3. The van der Waals surface area contributed by atoms with Crippen LogP contribution in [0.5, 0.6) is 0 Å². The first kappa shape index (κ1) is 12.8. The minimum atomic E-state index is -0.0622. The molecular weight excluding hydrogens is 266 g/mol. The van der Waals surface area contributed by atoms with Gasteiger partial charge in [0.2, 0.25) is 0 Å². The minimum absolute atomic E-state index is 0.0622. The molecule has 1 aromatic carbocycles. The number of hydrogen-bond donors (Lipinski definition) is 1. The summed E-state index contributed by atoms with van der Waals surface area (Å²) in [5.41, 5.74) is 2.58. The van der Waals surface area contributed by atoms with Crippen LogP contribution in [0.4, 0.5) is 0 Å². The molecular formula is C16H19N3O2. The van der Waals surface area contributed by atoms with E-state index in [-0.39, 0.29) is 5.97 Å². The van der Waals surface area contributed by atoms with E-state index in [9.17, 15) is 4.79 Å². The van der Waals surface area contributed by atoms with Crippen LogP contribution in [-0.2, 0) is 16.1 Å². The normalized spacial score (nSPS) is 27.3. The maximum absolute atomic E-state index is 12.0. The van der Waals surface area contributed by atoms with Crippen molar-refractivity contribution in [1.29, 1.82) is 0 Å². The molecule has 1 N–H and O–H groups in total. The Bertz CT molecular complexity index is 666. The van der Waals surface area contributed by atoms with Gasteiger partial charge in [-0.15, -0.1) is 0 Å². The Morgan fingerprint density at radius 2 is 2.14 bits per heavy atom. The molecule has 2 bridgehead atoms. The molecule has 110 valence electrons. The lowest BCUT2D eigenvalue weighted by molar-refractivity contribution is -0.146. The maximum Gasteiger partial charge on any atom is 0.306 e. The molecule has 21 heavy (non-hydrogen) atoms. The number of nitrogens with zero attached hydrogens (tertiary/aromatic N) is 2. The van der Waals surface area contributed by atoms with Crippen molar-refractivity contribution in [2.24, 2.45) is 17.8 Å². The van der Waals surface area contributed by atoms with Crippen molar-refractivity contribution >= 4 is 17.0 Å². The lowest BCUT2D eigenvalue weighted by Gasteiger charge is -2.20. The van der Waals surface area contributed by atoms with Crippen LogP contribution in [-0.4, -0.2) is 21.4 Å². The highest BCUT2D eigenvalue weighted by Gasteiger charge is 2.40. The highest BCUT2D eigenvalue weighted by Crippen LogP contribution is 2.49. The van der Waals surface area contributed by atoms with Gasteiger partial charge in [0.25, 0.3) is 0 Å². The number of carbonyl (C=O) groups is 1. The zero-order valence-electron chi connectivity index (χ0n) is 11.9. The summed E-state index contributed by atoms with van der Waals surface area (Å²) >= 11 is 0. The summed E-state index contributed by atoms with van der Waals surface area (Å²) in [5, 5.41) is 10.6. The standard InChI is InChI=1S/C16H19N3O2/c20-16(8-13-6-10-1-3-12(13)5-10)21-9-11-2-4-14-15(7-11)18-19-17-14/h2,4,7,10,12-13H,1,3,5-6,8-9H2,(H,17,18,19). The van der Waals surface area contributed by atoms with Crippen molar-refractivity contribution in [2.45, 2.75) is 38.7 Å². The zero-order chi connectivity index (χ0) is 14.2. The number of aromatic amines is 1. The van der Waals surface area contributed by atoms with Crippen molar-refractivity contribution in [3.05, 3.63) is 23.8 Å². The summed E-state index contributed by atoms with van der Waals surface area (Å²) in [6, 6.07) is 5.72. The van der Waals surface area contributed by atoms with Gasteiger partial charge < -0.3 is 4.74 Å². The number of nitrogens with one attached hydrogen (secondary N) is 1. The molecule has 5 heteroatoms. The number of esters is 1. The second kappa shape index (κ2) is 5.13. The van der Waals surface area contributed by atoms with Crippen molar-refractivity contribution in [2.75, 3.05) is 0 Å². The second-order valence-electron chi connectivity index (χ2n) is 6.45. The molecule has 5 nitrogen and oxygen atoms in total. The molecule has 0 aliphatic heterocycles. The maximum atomic E-state index is 12.0. The third-order valence-electron chi connectivity index (χ3n) is 5.09. The topological polar surface area (TPSA) is 67.9 Å². The Labute approximate surface area is 123 Å². The molecule has 3 atom stereocenters. The molecule has 0 radical (unpaired) electrons. The fourth-order valence-corrected chi connectivity index (χ4v) is 4.04. The van der Waals surface area contributed by atoms with Gasteiger partial charge in [-0.25, -0.2) is 0 Å². The molecule has 4 rings (SSSR count). The van der Waals surface area contributed by atoms with E-state index in [0.29, 0.717) is 18.9 Å². The van der Waals surface area contributed by atoms with E-state index >= 15 is 0 Å². The summed E-state index contributed by atoms with van der Waals surface area (Å²) in [5.74, 6) is 2.15. The van der Waals surface area contributed by atoms with E-state index in [1.165, 1.54) is 25.7 Å². The van der Waals surface area contributed by atoms with Gasteiger partial charge in [-0.1, -0.05) is 12.5 Å². The van der Waals surface area contributed by atoms with E-state index in [0.717, 1.165) is 28.4 Å². The van der Waals surface area contributed by atoms with Gasteiger partial charge >= 0.3 is 5.97 Å². The average molecular weight is 285 g/mol. The predicted molar refractivity (Wildman–Crippen MR) is 77.2 cm³/mol. The predicted octanol–water partition coefficient (Wildman–Crippen LogP) is 2.83. The average Bonchev–Trinajstić information content (AvgIpc) is 3.20. The van der Waals surface area contributed by atoms with Crippen LogP contribution < -0.4 is 0 Å². The number of ether oxygens (including phenoxy) is 1. The van der Waals surface area contributed by atoms with E-state index < -0.39 is 0 Å². The SMILES string of the molecule is O=C(CC1CC2CCC1C2)OCc1ccc2n[nH]nc2c1. The van der Waals surface area contributed by atoms with Gasteiger partial charge in [0, 0.05) is 6.42 Å². The Hall–Kier alpha value is -1.91. The van der Waals surface area contributed by atoms with Gasteiger partial charge in [0.15, 0.2) is 0 Å². The molecule has 2 aliphatic rings. The molecule has 0 saturated heterocycles. The van der Waals surface area contributed by atoms with E-state index in [2.05, 4.69) is 15.4 Å². The molecule has 3 unspecified atom stereocenters. The molecule has 2 fully saturated rings. The first-order valence-electron chi connectivity index (χ1n) is 7.73. The van der Waals surface area contributed by atoms with Gasteiger partial charge in [-0.2, -0.15) is 15.4 Å². The lowest BCUT2D eigenvalue weighted by atomic mass is 9.86. The summed E-state index contributed by atoms with van der Waals surface area (Å²) in [7, 11) is 0. The van der Waals surface area contributed by atoms with Crippen LogP contribution in [0.15, 0.2) is 18.2 Å². The van der Waals surface area contributed by atoms with Crippen LogP contribution in [0.2, 0.25) is 0 Å². The van der Waals surface area contributed by atoms with Crippen molar-refractivity contribution < 1.29 is 9.53 Å². The Morgan fingerprint density at radius 3 is 2.95 bits per heavy atom. The van der Waals surface area contributed by atoms with Crippen molar-refractivity contribution in [3.8, 4) is 0 Å². The second-order valence-corrected chi connectivity index (χ2v) is 6.45. The van der Waals surface area contributed by atoms with Gasteiger partial charge in [-0.3, -0.25) is 4.79 Å². The lowest BCUT2D eigenvalue weighted by Crippen LogP contribution is -2.16. The van der Waals surface area contributed by atoms with Gasteiger partial charge in [-0.05, 0) is 54.7 Å². The van der Waals surface area contributed by atoms with Crippen LogP contribution in [0, 0.1) is 17.8 Å². The van der Waals surface area contributed by atoms with E-state index in [1.54, 1.807) is 0 Å². The molecule has 1 aromatic heterocycles. The smallest absolute Gasteiger partial charge is 0.306 e. The van der Waals surface area contributed by atoms with E-state index in [4.69, 9.17) is 4.74 Å². The zero-order valence-corrected chi connectivity index (χ0v) is 11.9. The fourth-order valence-electron chi connectivity index (χ4n) is 4.04. The molecule has 2 saturated carbocycles. The summed E-state index contributed by atoms with van der Waals surface area (Å²) in [6.45, 7) is 0.322. The molecule has 0 amide bonds. The Kier molecular flexibility index (Phi) is 3.13. The molecule has 0 spiro atoms. The number of rotatable bonds is 4. The third-order valence-corrected chi connectivity index (χ3v) is 5.09. The van der Waals surface area contributed by atoms with Crippen molar-refractivity contribution in [3.63, 3.8) is 0 Å². The van der Waals surface area contributed by atoms with Gasteiger partial charge in [0.1, 0.15) is 17.6 Å². The molecule has 2 aromatic rings. The van der Waals surface area contributed by atoms with Crippen LogP contribution in [0.1, 0.15) is 37.7 Å². The minimum Gasteiger partial charge on any atom is -0.461 e. The summed E-state index contributed by atoms with van der Waals surface area (Å²) in [4.78, 5) is 12.0. The summed E-state index contributed by atoms with van der Waals surface area (Å²) in [6.07, 6.45) is 5.83. The van der Waals surface area contributed by atoms with Gasteiger partial charge in [0.05, 0.1) is 0 Å². The summed E-state index contributed by atoms with van der Waals surface area (Å²) < 4.78 is 5.43. The monoisotopic (exact) mass is 285 g/mol. The number of benzene rings is 1. The van der Waals surface area contributed by atoms with Crippen LogP contribution in [0.25, 0.3) is 11.0 Å². The first-order valence-corrected chi connectivity index (χ1v) is 7.73. The molecule has 1 heterocycles. The van der Waals surface area contributed by atoms with E-state index in [1.807, 2.05) is 18.2 Å². The third kappa shape index (κ3) is 2.52. The molecule has 2 aliphatic carbocycles. The highest BCUT2D eigenvalue weighted by molar-refractivity contribution is 5.74. The number of aromatic nitrogens is 3. The van der Waals surface area contributed by atoms with Crippen LogP contribution in [0.3, 0.4) is 0 Å². The number of carbonyl (C=O) groups excluding carboxylic acids is 1. The Morgan fingerprint density at radius 1 is 1.24 bits per heavy atom. The van der Waals surface area contributed by atoms with Crippen LogP contribution >= 0.6 is 0 Å². The fraction of sp³-hybridized carbons (Fsp3) is 0.562.